The predicted molar refractivity (Wildman–Crippen MR) is 87.0 cm³/mol. The summed E-state index contributed by atoms with van der Waals surface area (Å²) in [6.07, 6.45) is 2.86. The summed E-state index contributed by atoms with van der Waals surface area (Å²) in [4.78, 5) is 17.4. The zero-order chi connectivity index (χ0) is 16.4. The summed E-state index contributed by atoms with van der Waals surface area (Å²) in [5, 5.41) is 6.32. The summed E-state index contributed by atoms with van der Waals surface area (Å²) in [6.45, 7) is 8.35. The Morgan fingerprint density at radius 2 is 2.36 bits per heavy atom. The lowest BCUT2D eigenvalue weighted by Gasteiger charge is -2.20. The summed E-state index contributed by atoms with van der Waals surface area (Å²) in [5.41, 5.74) is 0. The molecule has 0 saturated carbocycles. The van der Waals surface area contributed by atoms with E-state index in [1.54, 1.807) is 20.2 Å². The topological polar surface area (TPSA) is 75.2 Å². The third-order valence-corrected chi connectivity index (χ3v) is 3.14. The van der Waals surface area contributed by atoms with Crippen LogP contribution in [0.4, 0.5) is 0 Å². The maximum atomic E-state index is 11.6. The summed E-state index contributed by atoms with van der Waals surface area (Å²) in [7, 11) is 3.42. The van der Waals surface area contributed by atoms with E-state index in [-0.39, 0.29) is 24.6 Å². The number of nitrogens with one attached hydrogen (secondary N) is 2. The minimum atomic E-state index is -0.0493. The van der Waals surface area contributed by atoms with Crippen LogP contribution in [0.2, 0.25) is 0 Å². The van der Waals surface area contributed by atoms with Crippen LogP contribution in [-0.2, 0) is 14.3 Å². The highest BCUT2D eigenvalue weighted by Gasteiger charge is 2.17. The number of amides is 1. The van der Waals surface area contributed by atoms with Crippen LogP contribution >= 0.6 is 0 Å². The van der Waals surface area contributed by atoms with Crippen molar-refractivity contribution in [2.75, 3.05) is 47.0 Å². The Morgan fingerprint density at radius 3 is 2.95 bits per heavy atom. The molecule has 1 fully saturated rings. The van der Waals surface area contributed by atoms with Gasteiger partial charge in [0, 0.05) is 33.3 Å². The van der Waals surface area contributed by atoms with E-state index < -0.39 is 0 Å². The molecule has 7 heteroatoms. The molecule has 7 nitrogen and oxygen atoms in total. The molecule has 2 N–H and O–H groups in total. The Labute approximate surface area is 132 Å². The van der Waals surface area contributed by atoms with Crippen molar-refractivity contribution in [2.45, 2.75) is 25.5 Å². The molecule has 1 rings (SSSR count). The maximum absolute atomic E-state index is 11.6. The Balaban J connectivity index is 2.42. The van der Waals surface area contributed by atoms with E-state index in [0.29, 0.717) is 25.7 Å². The normalized spacial score (nSPS) is 19.6. The number of rotatable bonds is 8. The van der Waals surface area contributed by atoms with Crippen molar-refractivity contribution in [3.63, 3.8) is 0 Å². The van der Waals surface area contributed by atoms with Crippen LogP contribution in [0.3, 0.4) is 0 Å². The number of guanidine groups is 1. The molecule has 2 atom stereocenters. The minimum Gasteiger partial charge on any atom is -0.379 e. The van der Waals surface area contributed by atoms with Crippen LogP contribution in [0.5, 0.6) is 0 Å². The molecule has 0 aromatic heterocycles. The minimum absolute atomic E-state index is 0.0493. The number of likely N-dealkylation sites (N-methyl/N-ethyl adjacent to an activating group) is 1. The van der Waals surface area contributed by atoms with Gasteiger partial charge in [-0.1, -0.05) is 6.08 Å². The first-order valence-corrected chi connectivity index (χ1v) is 7.58. The van der Waals surface area contributed by atoms with Crippen molar-refractivity contribution < 1.29 is 14.3 Å². The number of hydrogen-bond donors (Lipinski definition) is 2. The highest BCUT2D eigenvalue weighted by atomic mass is 16.5. The van der Waals surface area contributed by atoms with Gasteiger partial charge in [-0.2, -0.15) is 0 Å². The second kappa shape index (κ2) is 10.2. The lowest BCUT2D eigenvalue weighted by molar-refractivity contribution is -0.127. The molecule has 0 aromatic carbocycles. The van der Waals surface area contributed by atoms with Crippen LogP contribution in [-0.4, -0.2) is 75.9 Å². The number of nitrogens with zero attached hydrogens (tertiary/aromatic N) is 2. The Kier molecular flexibility index (Phi) is 8.54. The van der Waals surface area contributed by atoms with Crippen molar-refractivity contribution in [1.29, 1.82) is 0 Å². The molecule has 0 aliphatic carbocycles. The highest BCUT2D eigenvalue weighted by molar-refractivity contribution is 5.84. The molecule has 1 saturated heterocycles. The quantitative estimate of drug-likeness (QED) is 0.375. The van der Waals surface area contributed by atoms with Crippen LogP contribution in [0.25, 0.3) is 0 Å². The van der Waals surface area contributed by atoms with Crippen molar-refractivity contribution in [2.24, 2.45) is 4.99 Å². The molecule has 0 radical (unpaired) electrons. The predicted octanol–water partition coefficient (Wildman–Crippen LogP) is -0.0102. The van der Waals surface area contributed by atoms with Gasteiger partial charge in [0.15, 0.2) is 5.96 Å². The second-order valence-corrected chi connectivity index (χ2v) is 5.49. The summed E-state index contributed by atoms with van der Waals surface area (Å²) < 4.78 is 11.0. The van der Waals surface area contributed by atoms with Gasteiger partial charge in [-0.25, -0.2) is 4.99 Å². The van der Waals surface area contributed by atoms with Gasteiger partial charge < -0.3 is 25.0 Å². The zero-order valence-electron chi connectivity index (χ0n) is 13.8. The number of hydrogen-bond acceptors (Lipinski definition) is 4. The molecule has 0 bridgehead atoms. The summed E-state index contributed by atoms with van der Waals surface area (Å²) >= 11 is 0. The number of ether oxygens (including phenoxy) is 2. The lowest BCUT2D eigenvalue weighted by atomic mass is 10.3. The van der Waals surface area contributed by atoms with Gasteiger partial charge in [-0.15, -0.1) is 6.58 Å². The monoisotopic (exact) mass is 312 g/mol. The van der Waals surface area contributed by atoms with Crippen LogP contribution < -0.4 is 10.6 Å². The van der Waals surface area contributed by atoms with E-state index in [1.807, 2.05) is 6.92 Å². The summed E-state index contributed by atoms with van der Waals surface area (Å²) in [5.74, 6) is 0.528. The van der Waals surface area contributed by atoms with Crippen LogP contribution in [0, 0.1) is 0 Å². The SMILES string of the molecule is C=CCNC(=NCC(=O)N(C)C)NC(C)COC1CCOC1. The van der Waals surface area contributed by atoms with Gasteiger partial charge >= 0.3 is 0 Å². The lowest BCUT2D eigenvalue weighted by Crippen LogP contribution is -2.45. The van der Waals surface area contributed by atoms with Gasteiger partial charge in [0.25, 0.3) is 0 Å². The van der Waals surface area contributed by atoms with Gasteiger partial charge in [-0.05, 0) is 13.3 Å². The van der Waals surface area contributed by atoms with Gasteiger partial charge in [0.1, 0.15) is 6.54 Å². The first-order chi connectivity index (χ1) is 10.5. The number of carbonyl (C=O) groups is 1. The van der Waals surface area contributed by atoms with E-state index in [9.17, 15) is 4.79 Å². The van der Waals surface area contributed by atoms with E-state index in [0.717, 1.165) is 13.0 Å². The zero-order valence-corrected chi connectivity index (χ0v) is 13.8. The molecular weight excluding hydrogens is 284 g/mol. The summed E-state index contributed by atoms with van der Waals surface area (Å²) in [6, 6.07) is 0.0751. The van der Waals surface area contributed by atoms with E-state index >= 15 is 0 Å². The van der Waals surface area contributed by atoms with Gasteiger partial charge in [0.2, 0.25) is 5.91 Å². The largest absolute Gasteiger partial charge is 0.379 e. The van der Waals surface area contributed by atoms with Crippen molar-refractivity contribution in [3.8, 4) is 0 Å². The third kappa shape index (κ3) is 7.42. The highest BCUT2D eigenvalue weighted by Crippen LogP contribution is 2.08. The smallest absolute Gasteiger partial charge is 0.243 e. The van der Waals surface area contributed by atoms with Gasteiger partial charge in [-0.3, -0.25) is 4.79 Å². The molecule has 0 aromatic rings. The third-order valence-electron chi connectivity index (χ3n) is 3.14. The first-order valence-electron chi connectivity index (χ1n) is 7.58. The second-order valence-electron chi connectivity index (χ2n) is 5.49. The van der Waals surface area contributed by atoms with Crippen LogP contribution in [0.1, 0.15) is 13.3 Å². The Morgan fingerprint density at radius 1 is 1.59 bits per heavy atom. The molecule has 0 spiro atoms. The fraction of sp³-hybridized carbons (Fsp3) is 0.733. The Hall–Kier alpha value is -1.60. The average molecular weight is 312 g/mol. The number of aliphatic imine (C=N–C) groups is 1. The van der Waals surface area contributed by atoms with E-state index in [4.69, 9.17) is 9.47 Å². The maximum Gasteiger partial charge on any atom is 0.243 e. The molecule has 1 aliphatic heterocycles. The fourth-order valence-corrected chi connectivity index (χ4v) is 1.81. The molecule has 1 aliphatic rings. The molecule has 22 heavy (non-hydrogen) atoms. The van der Waals surface area contributed by atoms with Crippen molar-refractivity contribution in [1.82, 2.24) is 15.5 Å². The molecule has 1 heterocycles. The molecular formula is C15H28N4O3. The molecule has 126 valence electrons. The van der Waals surface area contributed by atoms with Gasteiger partial charge in [0.05, 0.1) is 19.3 Å². The van der Waals surface area contributed by atoms with Crippen LogP contribution in [0.15, 0.2) is 17.6 Å². The van der Waals surface area contributed by atoms with E-state index in [2.05, 4.69) is 22.2 Å². The molecule has 1 amide bonds. The fourth-order valence-electron chi connectivity index (χ4n) is 1.81. The average Bonchev–Trinajstić information content (AvgIpc) is 3.00. The number of carbonyl (C=O) groups excluding carboxylic acids is 1. The van der Waals surface area contributed by atoms with Crippen molar-refractivity contribution in [3.05, 3.63) is 12.7 Å². The first kappa shape index (κ1) is 18.4. The van der Waals surface area contributed by atoms with Crippen molar-refractivity contribution >= 4 is 11.9 Å². The Bertz CT molecular complexity index is 379. The molecule has 2 unspecified atom stereocenters. The van der Waals surface area contributed by atoms with E-state index in [1.165, 1.54) is 4.90 Å². The standard InChI is InChI=1S/C15H28N4O3/c1-5-7-16-15(17-9-14(20)19(3)4)18-12(2)10-22-13-6-8-21-11-13/h5,12-13H,1,6-11H2,2-4H3,(H2,16,17,18).